The van der Waals surface area contributed by atoms with Gasteiger partial charge in [0.05, 0.1) is 11.2 Å². The fourth-order valence-corrected chi connectivity index (χ4v) is 3.38. The quantitative estimate of drug-likeness (QED) is 0.753. The first-order valence-corrected chi connectivity index (χ1v) is 8.51. The number of hydrogen-bond donors (Lipinski definition) is 2. The Morgan fingerprint density at radius 2 is 2.00 bits per heavy atom. The molecule has 2 N–H and O–H groups in total. The van der Waals surface area contributed by atoms with Gasteiger partial charge in [-0.25, -0.2) is 0 Å². The summed E-state index contributed by atoms with van der Waals surface area (Å²) in [6, 6.07) is 4.09. The highest BCUT2D eigenvalue weighted by Gasteiger charge is 2.50. The number of amides is 1. The Morgan fingerprint density at radius 1 is 1.33 bits per heavy atom. The molecule has 1 aliphatic carbocycles. The van der Waals surface area contributed by atoms with E-state index in [1.165, 1.54) is 11.8 Å². The van der Waals surface area contributed by atoms with Gasteiger partial charge in [-0.3, -0.25) is 9.59 Å². The number of nitrogens with one attached hydrogen (secondary N) is 1. The molecule has 114 valence electrons. The molecule has 21 heavy (non-hydrogen) atoms. The van der Waals surface area contributed by atoms with Crippen LogP contribution in [-0.4, -0.2) is 29.3 Å². The summed E-state index contributed by atoms with van der Waals surface area (Å²) in [5.74, 6) is -0.625. The molecular weight excluding hydrogens is 354 g/mol. The van der Waals surface area contributed by atoms with Gasteiger partial charge in [-0.15, -0.1) is 11.8 Å². The minimum Gasteiger partial charge on any atom is -0.481 e. The van der Waals surface area contributed by atoms with E-state index in [2.05, 4.69) is 27.3 Å². The molecule has 0 heterocycles. The Morgan fingerprint density at radius 3 is 2.57 bits per heavy atom. The van der Waals surface area contributed by atoms with E-state index in [4.69, 9.17) is 5.11 Å². The fourth-order valence-electron chi connectivity index (χ4n) is 1.99. The van der Waals surface area contributed by atoms with Gasteiger partial charge in [0.15, 0.2) is 0 Å². The standard InChI is InChI=1S/C15H18BrNO3S/c1-9-6-12(10(2)5-11(9)16)21-7-13(18)17-8-15(3-4-15)14(19)20/h5-6H,3-4,7-8H2,1-2H3,(H,17,18)(H,19,20). The molecule has 0 spiro atoms. The van der Waals surface area contributed by atoms with Gasteiger partial charge in [0.2, 0.25) is 5.91 Å². The van der Waals surface area contributed by atoms with E-state index in [0.717, 1.165) is 20.5 Å². The molecule has 0 aromatic heterocycles. The predicted molar refractivity (Wildman–Crippen MR) is 86.7 cm³/mol. The lowest BCUT2D eigenvalue weighted by Crippen LogP contribution is -2.35. The zero-order chi connectivity index (χ0) is 15.6. The van der Waals surface area contributed by atoms with Crippen LogP contribution in [0, 0.1) is 19.3 Å². The second-order valence-electron chi connectivity index (χ2n) is 5.52. The van der Waals surface area contributed by atoms with Crippen molar-refractivity contribution in [2.24, 2.45) is 5.41 Å². The molecule has 0 bridgehead atoms. The van der Waals surface area contributed by atoms with Gasteiger partial charge in [-0.1, -0.05) is 15.9 Å². The summed E-state index contributed by atoms with van der Waals surface area (Å²) >= 11 is 4.96. The monoisotopic (exact) mass is 371 g/mol. The fraction of sp³-hybridized carbons (Fsp3) is 0.467. The van der Waals surface area contributed by atoms with Crippen molar-refractivity contribution < 1.29 is 14.7 Å². The van der Waals surface area contributed by atoms with Crippen LogP contribution in [0.3, 0.4) is 0 Å². The molecule has 0 atom stereocenters. The number of hydrogen-bond acceptors (Lipinski definition) is 3. The number of carbonyl (C=O) groups is 2. The van der Waals surface area contributed by atoms with E-state index in [1.807, 2.05) is 19.9 Å². The molecule has 6 heteroatoms. The van der Waals surface area contributed by atoms with E-state index < -0.39 is 11.4 Å². The Kier molecular flexibility index (Phi) is 4.99. The minimum atomic E-state index is -0.810. The van der Waals surface area contributed by atoms with Gasteiger partial charge in [-0.2, -0.15) is 0 Å². The maximum atomic E-state index is 11.8. The zero-order valence-electron chi connectivity index (χ0n) is 12.0. The number of rotatable bonds is 6. The molecule has 2 rings (SSSR count). The van der Waals surface area contributed by atoms with Crippen molar-refractivity contribution in [2.75, 3.05) is 12.3 Å². The van der Waals surface area contributed by atoms with Gasteiger partial charge in [-0.05, 0) is 49.9 Å². The average Bonchev–Trinajstić information content (AvgIpc) is 3.20. The number of carbonyl (C=O) groups excluding carboxylic acids is 1. The molecule has 0 radical (unpaired) electrons. The maximum absolute atomic E-state index is 11.8. The highest BCUT2D eigenvalue weighted by Crippen LogP contribution is 2.45. The van der Waals surface area contributed by atoms with Gasteiger partial charge in [0, 0.05) is 15.9 Å². The minimum absolute atomic E-state index is 0.118. The summed E-state index contributed by atoms with van der Waals surface area (Å²) in [5.41, 5.74) is 1.55. The number of halogens is 1. The van der Waals surface area contributed by atoms with Crippen molar-refractivity contribution in [3.63, 3.8) is 0 Å². The van der Waals surface area contributed by atoms with Crippen molar-refractivity contribution in [1.82, 2.24) is 5.32 Å². The van der Waals surface area contributed by atoms with Crippen LogP contribution in [0.15, 0.2) is 21.5 Å². The third-order valence-electron chi connectivity index (χ3n) is 3.75. The first-order chi connectivity index (χ1) is 9.84. The lowest BCUT2D eigenvalue weighted by atomic mass is 10.1. The second kappa shape index (κ2) is 6.40. The van der Waals surface area contributed by atoms with Crippen LogP contribution in [0.2, 0.25) is 0 Å². The Bertz CT molecular complexity index is 585. The summed E-state index contributed by atoms with van der Waals surface area (Å²) in [6.45, 7) is 4.26. The summed E-state index contributed by atoms with van der Waals surface area (Å²) in [7, 11) is 0. The van der Waals surface area contributed by atoms with Crippen LogP contribution < -0.4 is 5.32 Å². The van der Waals surface area contributed by atoms with E-state index in [0.29, 0.717) is 18.6 Å². The van der Waals surface area contributed by atoms with Crippen LogP contribution in [0.1, 0.15) is 24.0 Å². The number of aryl methyl sites for hydroxylation is 2. The maximum Gasteiger partial charge on any atom is 0.311 e. The molecule has 1 aliphatic rings. The predicted octanol–water partition coefficient (Wildman–Crippen LogP) is 3.14. The Hall–Kier alpha value is -1.01. The summed E-state index contributed by atoms with van der Waals surface area (Å²) in [5, 5.41) is 11.8. The SMILES string of the molecule is Cc1cc(SCC(=O)NCC2(C(=O)O)CC2)c(C)cc1Br. The smallest absolute Gasteiger partial charge is 0.311 e. The van der Waals surface area contributed by atoms with E-state index in [9.17, 15) is 9.59 Å². The third-order valence-corrected chi connectivity index (χ3v) is 5.76. The molecule has 1 aromatic rings. The van der Waals surface area contributed by atoms with Crippen molar-refractivity contribution in [3.8, 4) is 0 Å². The second-order valence-corrected chi connectivity index (χ2v) is 7.39. The molecule has 0 saturated heterocycles. The van der Waals surface area contributed by atoms with E-state index in [1.54, 1.807) is 0 Å². The average molecular weight is 372 g/mol. The number of benzene rings is 1. The Labute approximate surface area is 136 Å². The third kappa shape index (κ3) is 4.01. The van der Waals surface area contributed by atoms with Crippen molar-refractivity contribution in [1.29, 1.82) is 0 Å². The van der Waals surface area contributed by atoms with Crippen LogP contribution in [0.5, 0.6) is 0 Å². The first-order valence-electron chi connectivity index (χ1n) is 6.74. The number of aliphatic carboxylic acids is 1. The topological polar surface area (TPSA) is 66.4 Å². The molecule has 1 amide bonds. The summed E-state index contributed by atoms with van der Waals surface area (Å²) < 4.78 is 1.06. The number of thioether (sulfide) groups is 1. The van der Waals surface area contributed by atoms with Crippen molar-refractivity contribution >= 4 is 39.6 Å². The molecule has 1 saturated carbocycles. The van der Waals surface area contributed by atoms with Gasteiger partial charge >= 0.3 is 5.97 Å². The van der Waals surface area contributed by atoms with Crippen LogP contribution in [0.25, 0.3) is 0 Å². The van der Waals surface area contributed by atoms with Crippen LogP contribution >= 0.6 is 27.7 Å². The summed E-state index contributed by atoms with van der Waals surface area (Å²) in [4.78, 5) is 23.9. The van der Waals surface area contributed by atoms with E-state index in [-0.39, 0.29) is 12.5 Å². The van der Waals surface area contributed by atoms with Crippen molar-refractivity contribution in [3.05, 3.63) is 27.7 Å². The lowest BCUT2D eigenvalue weighted by molar-refractivity contribution is -0.143. The number of carboxylic acids is 1. The Balaban J connectivity index is 1.84. The highest BCUT2D eigenvalue weighted by atomic mass is 79.9. The largest absolute Gasteiger partial charge is 0.481 e. The lowest BCUT2D eigenvalue weighted by Gasteiger charge is -2.12. The molecule has 0 unspecified atom stereocenters. The zero-order valence-corrected chi connectivity index (χ0v) is 14.4. The summed E-state index contributed by atoms with van der Waals surface area (Å²) in [6.07, 6.45) is 1.31. The molecule has 1 aromatic carbocycles. The molecular formula is C15H18BrNO3S. The first kappa shape index (κ1) is 16.4. The molecule has 0 aliphatic heterocycles. The van der Waals surface area contributed by atoms with Crippen LogP contribution in [-0.2, 0) is 9.59 Å². The normalized spacial score (nSPS) is 15.6. The van der Waals surface area contributed by atoms with Gasteiger partial charge < -0.3 is 10.4 Å². The van der Waals surface area contributed by atoms with Gasteiger partial charge in [0.25, 0.3) is 0 Å². The highest BCUT2D eigenvalue weighted by molar-refractivity contribution is 9.10. The van der Waals surface area contributed by atoms with Crippen molar-refractivity contribution in [2.45, 2.75) is 31.6 Å². The molecule has 1 fully saturated rings. The molecule has 4 nitrogen and oxygen atoms in total. The van der Waals surface area contributed by atoms with Crippen LogP contribution in [0.4, 0.5) is 0 Å². The number of carboxylic acid groups (broad SMARTS) is 1. The van der Waals surface area contributed by atoms with Gasteiger partial charge in [0.1, 0.15) is 0 Å². The van der Waals surface area contributed by atoms with E-state index >= 15 is 0 Å².